The third kappa shape index (κ3) is 5.20. The number of carbonyl (C=O) groups is 3. The summed E-state index contributed by atoms with van der Waals surface area (Å²) in [5.41, 5.74) is 0.750. The first-order valence-electron chi connectivity index (χ1n) is 15.1. The van der Waals surface area contributed by atoms with E-state index in [1.165, 1.54) is 0 Å². The number of likely N-dealkylation sites (tertiary alicyclic amines) is 1. The van der Waals surface area contributed by atoms with Gasteiger partial charge >= 0.3 is 0 Å². The van der Waals surface area contributed by atoms with E-state index >= 15 is 0 Å². The fraction of sp³-hybridized carbons (Fsp3) is 0.594. The van der Waals surface area contributed by atoms with Gasteiger partial charge in [0.15, 0.2) is 0 Å². The number of rotatable bonds is 10. The summed E-state index contributed by atoms with van der Waals surface area (Å²) in [7, 11) is 0. The second-order valence-electron chi connectivity index (χ2n) is 11.9. The third-order valence-corrected chi connectivity index (χ3v) is 10.5. The highest BCUT2D eigenvalue weighted by molar-refractivity contribution is 8.02. The van der Waals surface area contributed by atoms with Crippen molar-refractivity contribution in [2.75, 3.05) is 37.7 Å². The van der Waals surface area contributed by atoms with E-state index in [0.29, 0.717) is 32.7 Å². The molecule has 0 aromatic heterocycles. The van der Waals surface area contributed by atoms with Crippen LogP contribution in [0.25, 0.3) is 0 Å². The van der Waals surface area contributed by atoms with E-state index in [-0.39, 0.29) is 35.5 Å². The molecule has 1 unspecified atom stereocenters. The zero-order valence-electron chi connectivity index (χ0n) is 24.6. The van der Waals surface area contributed by atoms with Crippen LogP contribution in [-0.4, -0.2) is 87.6 Å². The second kappa shape index (κ2) is 12.2. The summed E-state index contributed by atoms with van der Waals surface area (Å²) in [5.74, 6) is -0.738. The van der Waals surface area contributed by atoms with E-state index in [1.54, 1.807) is 21.6 Å². The Hall–Kier alpha value is -2.78. The van der Waals surface area contributed by atoms with Crippen molar-refractivity contribution in [3.63, 3.8) is 0 Å². The monoisotopic (exact) mass is 581 g/mol. The number of unbranched alkanes of at least 4 members (excludes halogenated alkanes) is 1. The van der Waals surface area contributed by atoms with Gasteiger partial charge < -0.3 is 24.5 Å². The lowest BCUT2D eigenvalue weighted by atomic mass is 9.78. The number of hydrogen-bond donors (Lipinski definition) is 1. The molecule has 2 fully saturated rings. The number of nitrogens with zero attached hydrogens (tertiary/aromatic N) is 3. The number of amides is 3. The zero-order valence-corrected chi connectivity index (χ0v) is 25.4. The number of benzene rings is 1. The molecule has 41 heavy (non-hydrogen) atoms. The number of ether oxygens (including phenoxy) is 1. The van der Waals surface area contributed by atoms with Crippen LogP contribution in [0.3, 0.4) is 0 Å². The maximum absolute atomic E-state index is 14.6. The van der Waals surface area contributed by atoms with Crippen LogP contribution in [0.4, 0.5) is 5.69 Å². The molecule has 9 heteroatoms. The summed E-state index contributed by atoms with van der Waals surface area (Å²) in [4.78, 5) is 48.6. The lowest BCUT2D eigenvalue weighted by molar-refractivity contribution is -0.146. The molecule has 8 nitrogen and oxygen atoms in total. The van der Waals surface area contributed by atoms with Crippen LogP contribution >= 0.6 is 11.8 Å². The largest absolute Gasteiger partial charge is 0.494 e. The first-order valence-corrected chi connectivity index (χ1v) is 15.9. The fourth-order valence-corrected chi connectivity index (χ4v) is 9.00. The Kier molecular flexibility index (Phi) is 8.85. The Morgan fingerprint density at radius 1 is 1.05 bits per heavy atom. The quantitative estimate of drug-likeness (QED) is 0.422. The minimum Gasteiger partial charge on any atom is -0.494 e. The van der Waals surface area contributed by atoms with Gasteiger partial charge in [0.05, 0.1) is 35.8 Å². The first-order chi connectivity index (χ1) is 19.8. The van der Waals surface area contributed by atoms with Crippen LogP contribution in [0.2, 0.25) is 0 Å². The topological polar surface area (TPSA) is 90.4 Å². The SMILES string of the molecule is CCCCN1CC=C[C@]23S[C@H]4C=CCN(c5ccc(OCC)cc5)C(=O)[C@H]4[C@H]2C(=O)N([C@@H](CO)CC(C)C)C3C1=O. The predicted octanol–water partition coefficient (Wildman–Crippen LogP) is 3.89. The Balaban J connectivity index is 1.56. The van der Waals surface area contributed by atoms with Gasteiger partial charge in [0.2, 0.25) is 17.7 Å². The van der Waals surface area contributed by atoms with Gasteiger partial charge in [0.25, 0.3) is 0 Å². The molecule has 0 bridgehead atoms. The van der Waals surface area contributed by atoms with Gasteiger partial charge in [-0.25, -0.2) is 0 Å². The molecule has 5 rings (SSSR count). The van der Waals surface area contributed by atoms with E-state index in [2.05, 4.69) is 32.9 Å². The van der Waals surface area contributed by atoms with Crippen molar-refractivity contribution in [1.82, 2.24) is 9.80 Å². The summed E-state index contributed by atoms with van der Waals surface area (Å²) in [5, 5.41) is 10.3. The fourth-order valence-electron chi connectivity index (χ4n) is 7.01. The van der Waals surface area contributed by atoms with Crippen LogP contribution in [0.15, 0.2) is 48.6 Å². The van der Waals surface area contributed by atoms with Gasteiger partial charge in [0, 0.05) is 30.6 Å². The highest BCUT2D eigenvalue weighted by Crippen LogP contribution is 2.61. The van der Waals surface area contributed by atoms with Crippen LogP contribution in [0.5, 0.6) is 5.75 Å². The summed E-state index contributed by atoms with van der Waals surface area (Å²) in [6.45, 7) is 9.99. The number of anilines is 1. The van der Waals surface area contributed by atoms with Gasteiger partial charge in [-0.05, 0) is 49.9 Å². The standard InChI is InChI=1S/C32H43N3O5S/c1-5-7-16-33-17-9-15-32-27(30(38)35(28(32)31(33)39)23(20-36)19-21(3)4)26-25(41-32)10-8-18-34(29(26)37)22-11-13-24(14-12-22)40-6-2/h8-15,21,23,25-28,36H,5-7,16-20H2,1-4H3/t23-,25+,26-,27+,28?,32+/m1/s1. The second-order valence-corrected chi connectivity index (χ2v) is 13.4. The summed E-state index contributed by atoms with van der Waals surface area (Å²) < 4.78 is 4.71. The van der Waals surface area contributed by atoms with E-state index in [0.717, 1.165) is 24.3 Å². The van der Waals surface area contributed by atoms with E-state index in [1.807, 2.05) is 48.2 Å². The van der Waals surface area contributed by atoms with Crippen molar-refractivity contribution in [1.29, 1.82) is 0 Å². The van der Waals surface area contributed by atoms with Crippen molar-refractivity contribution < 1.29 is 24.2 Å². The molecule has 0 aliphatic carbocycles. The van der Waals surface area contributed by atoms with Gasteiger partial charge in [0.1, 0.15) is 11.8 Å². The predicted molar refractivity (Wildman–Crippen MR) is 162 cm³/mol. The number of fused-ring (bicyclic) bond motifs is 2. The average molecular weight is 582 g/mol. The molecule has 1 N–H and O–H groups in total. The van der Waals surface area contributed by atoms with Crippen molar-refractivity contribution >= 4 is 35.2 Å². The van der Waals surface area contributed by atoms with E-state index < -0.39 is 28.7 Å². The smallest absolute Gasteiger partial charge is 0.247 e. The van der Waals surface area contributed by atoms with Crippen LogP contribution in [-0.2, 0) is 14.4 Å². The van der Waals surface area contributed by atoms with Crippen molar-refractivity contribution in [2.45, 2.75) is 69.0 Å². The Bertz CT molecular complexity index is 1200. The van der Waals surface area contributed by atoms with Gasteiger partial charge in [-0.1, -0.05) is 51.5 Å². The molecular weight excluding hydrogens is 538 g/mol. The minimum absolute atomic E-state index is 0.0785. The van der Waals surface area contributed by atoms with Crippen molar-refractivity contribution in [3.05, 3.63) is 48.6 Å². The summed E-state index contributed by atoms with van der Waals surface area (Å²) in [6.07, 6.45) is 10.5. The highest BCUT2D eigenvalue weighted by atomic mass is 32.2. The van der Waals surface area contributed by atoms with Gasteiger partial charge in [-0.2, -0.15) is 0 Å². The van der Waals surface area contributed by atoms with Crippen LogP contribution < -0.4 is 9.64 Å². The van der Waals surface area contributed by atoms with Crippen molar-refractivity contribution in [3.8, 4) is 5.75 Å². The lowest BCUT2D eigenvalue weighted by Crippen LogP contribution is -2.56. The Morgan fingerprint density at radius 2 is 1.80 bits per heavy atom. The van der Waals surface area contributed by atoms with Crippen LogP contribution in [0.1, 0.15) is 47.0 Å². The number of aliphatic hydroxyl groups is 1. The Labute approximate surface area is 247 Å². The van der Waals surface area contributed by atoms with E-state index in [4.69, 9.17) is 4.74 Å². The molecule has 1 aromatic rings. The van der Waals surface area contributed by atoms with Gasteiger partial charge in [-0.15, -0.1) is 11.8 Å². The molecule has 4 aliphatic heterocycles. The molecule has 3 amide bonds. The molecule has 222 valence electrons. The number of carbonyl (C=O) groups excluding carboxylic acids is 3. The molecule has 1 spiro atoms. The highest BCUT2D eigenvalue weighted by Gasteiger charge is 2.71. The minimum atomic E-state index is -0.878. The maximum Gasteiger partial charge on any atom is 0.247 e. The number of thioether (sulfide) groups is 1. The maximum atomic E-state index is 14.6. The Morgan fingerprint density at radius 3 is 2.46 bits per heavy atom. The molecule has 1 aromatic carbocycles. The molecule has 2 saturated heterocycles. The van der Waals surface area contributed by atoms with E-state index in [9.17, 15) is 19.5 Å². The molecular formula is C32H43N3O5S. The summed E-state index contributed by atoms with van der Waals surface area (Å²) in [6, 6.07) is 6.23. The van der Waals surface area contributed by atoms with Gasteiger partial charge in [-0.3, -0.25) is 14.4 Å². The average Bonchev–Trinajstić information content (AvgIpc) is 3.28. The summed E-state index contributed by atoms with van der Waals surface area (Å²) >= 11 is 1.58. The number of hydrogen-bond acceptors (Lipinski definition) is 6. The first kappa shape index (κ1) is 29.7. The molecule has 0 radical (unpaired) electrons. The zero-order chi connectivity index (χ0) is 29.3. The van der Waals surface area contributed by atoms with Crippen LogP contribution in [0, 0.1) is 17.8 Å². The lowest BCUT2D eigenvalue weighted by Gasteiger charge is -2.39. The number of aliphatic hydroxyl groups excluding tert-OH is 1. The normalized spacial score (nSPS) is 29.9. The van der Waals surface area contributed by atoms with Crippen molar-refractivity contribution in [2.24, 2.45) is 17.8 Å². The molecule has 4 heterocycles. The molecule has 4 aliphatic rings. The third-order valence-electron chi connectivity index (χ3n) is 8.77. The molecule has 6 atom stereocenters. The molecule has 0 saturated carbocycles.